The molecule has 4 N–H and O–H groups in total. The third kappa shape index (κ3) is 4.87. The number of halogens is 1. The molecule has 1 unspecified atom stereocenters. The Balaban J connectivity index is 0.00000242. The zero-order valence-electron chi connectivity index (χ0n) is 12.8. The zero-order valence-corrected chi connectivity index (χ0v) is 13.6. The fraction of sp³-hybridized carbons (Fsp3) is 0.562. The third-order valence-corrected chi connectivity index (χ3v) is 4.16. The van der Waals surface area contributed by atoms with Crippen LogP contribution in [0.4, 0.5) is 0 Å². The van der Waals surface area contributed by atoms with Gasteiger partial charge >= 0.3 is 0 Å². The van der Waals surface area contributed by atoms with Crippen molar-refractivity contribution in [2.24, 2.45) is 11.7 Å². The molecule has 0 aliphatic heterocycles. The van der Waals surface area contributed by atoms with E-state index in [9.17, 15) is 9.90 Å². The number of carbonyl (C=O) groups is 1. The maximum atomic E-state index is 11.9. The minimum absolute atomic E-state index is 0. The Bertz CT molecular complexity index is 484. The average molecular weight is 329 g/mol. The van der Waals surface area contributed by atoms with Gasteiger partial charge in [0.05, 0.1) is 13.2 Å². The number of ether oxygens (including phenoxy) is 1. The number of carbonyl (C=O) groups excluding carboxylic acids is 1. The Labute approximate surface area is 137 Å². The molecular formula is C16H25ClN2O3. The molecular weight excluding hydrogens is 304 g/mol. The van der Waals surface area contributed by atoms with Gasteiger partial charge in [0.15, 0.2) is 0 Å². The second-order valence-corrected chi connectivity index (χ2v) is 5.62. The summed E-state index contributed by atoms with van der Waals surface area (Å²) in [7, 11) is 1.56. The lowest BCUT2D eigenvalue weighted by atomic mass is 10.00. The number of para-hydroxylation sites is 1. The molecule has 3 atom stereocenters. The minimum atomic E-state index is -0.776. The van der Waals surface area contributed by atoms with Gasteiger partial charge in [-0.05, 0) is 24.8 Å². The smallest absolute Gasteiger partial charge is 0.220 e. The fourth-order valence-electron chi connectivity index (χ4n) is 2.89. The zero-order chi connectivity index (χ0) is 15.2. The minimum Gasteiger partial charge on any atom is -0.496 e. The van der Waals surface area contributed by atoms with Crippen LogP contribution in [0.15, 0.2) is 24.3 Å². The van der Waals surface area contributed by atoms with Crippen LogP contribution in [0.5, 0.6) is 5.75 Å². The summed E-state index contributed by atoms with van der Waals surface area (Å²) in [5.41, 5.74) is 6.64. The van der Waals surface area contributed by atoms with Crippen molar-refractivity contribution in [1.29, 1.82) is 0 Å². The quantitative estimate of drug-likeness (QED) is 0.743. The SMILES string of the molecule is COc1ccccc1C(O)CNC(=O)C[C@@H]1CCC[C@H]1N.Cl. The second kappa shape index (κ2) is 8.98. The molecule has 0 heterocycles. The van der Waals surface area contributed by atoms with Crippen LogP contribution < -0.4 is 15.8 Å². The highest BCUT2D eigenvalue weighted by Crippen LogP contribution is 2.27. The number of aliphatic hydroxyl groups is 1. The van der Waals surface area contributed by atoms with Gasteiger partial charge in [0.2, 0.25) is 5.91 Å². The molecule has 0 bridgehead atoms. The van der Waals surface area contributed by atoms with E-state index in [-0.39, 0.29) is 36.8 Å². The van der Waals surface area contributed by atoms with Crippen molar-refractivity contribution in [3.05, 3.63) is 29.8 Å². The van der Waals surface area contributed by atoms with E-state index < -0.39 is 6.10 Å². The summed E-state index contributed by atoms with van der Waals surface area (Å²) in [6.07, 6.45) is 2.79. The number of benzene rings is 1. The second-order valence-electron chi connectivity index (χ2n) is 5.62. The summed E-state index contributed by atoms with van der Waals surface area (Å²) in [5, 5.41) is 13.0. The third-order valence-electron chi connectivity index (χ3n) is 4.16. The van der Waals surface area contributed by atoms with E-state index in [2.05, 4.69) is 5.32 Å². The summed E-state index contributed by atoms with van der Waals surface area (Å²) >= 11 is 0. The van der Waals surface area contributed by atoms with E-state index in [1.54, 1.807) is 19.2 Å². The molecule has 1 aliphatic rings. The summed E-state index contributed by atoms with van der Waals surface area (Å²) in [5.74, 6) is 0.844. The van der Waals surface area contributed by atoms with E-state index in [0.29, 0.717) is 17.7 Å². The molecule has 124 valence electrons. The predicted octanol–water partition coefficient (Wildman–Crippen LogP) is 1.78. The van der Waals surface area contributed by atoms with Crippen molar-refractivity contribution >= 4 is 18.3 Å². The Morgan fingerprint density at radius 1 is 1.45 bits per heavy atom. The lowest BCUT2D eigenvalue weighted by Gasteiger charge is -2.17. The summed E-state index contributed by atoms with van der Waals surface area (Å²) in [6.45, 7) is 0.182. The first-order valence-electron chi connectivity index (χ1n) is 7.45. The first kappa shape index (κ1) is 18.7. The average Bonchev–Trinajstić information content (AvgIpc) is 2.90. The van der Waals surface area contributed by atoms with Gasteiger partial charge in [0.25, 0.3) is 0 Å². The maximum Gasteiger partial charge on any atom is 0.220 e. The van der Waals surface area contributed by atoms with Crippen LogP contribution in [0.3, 0.4) is 0 Å². The Kier molecular flexibility index (Phi) is 7.65. The van der Waals surface area contributed by atoms with Crippen molar-refractivity contribution in [1.82, 2.24) is 5.32 Å². The van der Waals surface area contributed by atoms with Crippen LogP contribution in [0.2, 0.25) is 0 Å². The van der Waals surface area contributed by atoms with Gasteiger partial charge in [-0.2, -0.15) is 0 Å². The number of nitrogens with one attached hydrogen (secondary N) is 1. The number of rotatable bonds is 6. The van der Waals surface area contributed by atoms with E-state index in [1.165, 1.54) is 0 Å². The summed E-state index contributed by atoms with van der Waals surface area (Å²) in [6, 6.07) is 7.39. The number of aliphatic hydroxyl groups excluding tert-OH is 1. The van der Waals surface area contributed by atoms with Crippen molar-refractivity contribution < 1.29 is 14.6 Å². The highest BCUT2D eigenvalue weighted by molar-refractivity contribution is 5.85. The first-order valence-corrected chi connectivity index (χ1v) is 7.45. The molecule has 1 amide bonds. The topological polar surface area (TPSA) is 84.6 Å². The largest absolute Gasteiger partial charge is 0.496 e. The molecule has 0 spiro atoms. The number of nitrogens with two attached hydrogens (primary N) is 1. The number of amides is 1. The Morgan fingerprint density at radius 3 is 2.82 bits per heavy atom. The lowest BCUT2D eigenvalue weighted by molar-refractivity contribution is -0.122. The highest BCUT2D eigenvalue weighted by Gasteiger charge is 2.26. The molecule has 1 aliphatic carbocycles. The van der Waals surface area contributed by atoms with Gasteiger partial charge in [0.1, 0.15) is 5.75 Å². The van der Waals surface area contributed by atoms with Crippen molar-refractivity contribution in [2.75, 3.05) is 13.7 Å². The van der Waals surface area contributed by atoms with Crippen LogP contribution >= 0.6 is 12.4 Å². The van der Waals surface area contributed by atoms with Gasteiger partial charge in [-0.1, -0.05) is 24.6 Å². The molecule has 22 heavy (non-hydrogen) atoms. The molecule has 2 rings (SSSR count). The van der Waals surface area contributed by atoms with E-state index in [1.807, 2.05) is 12.1 Å². The van der Waals surface area contributed by atoms with Gasteiger partial charge < -0.3 is 20.9 Å². The Hall–Kier alpha value is -1.30. The van der Waals surface area contributed by atoms with E-state index in [0.717, 1.165) is 19.3 Å². The van der Waals surface area contributed by atoms with Gasteiger partial charge in [-0.3, -0.25) is 4.79 Å². The first-order chi connectivity index (χ1) is 10.1. The standard InChI is InChI=1S/C16H24N2O3.ClH/c1-21-15-8-3-2-6-12(15)14(19)10-18-16(20)9-11-5-4-7-13(11)17;/h2-3,6,8,11,13-14,19H,4-5,7,9-10,17H2,1H3,(H,18,20);1H/t11-,13+,14?;/m0./s1. The van der Waals surface area contributed by atoms with Crippen molar-refractivity contribution in [3.63, 3.8) is 0 Å². The maximum absolute atomic E-state index is 11.9. The molecule has 1 saturated carbocycles. The number of hydrogen-bond acceptors (Lipinski definition) is 4. The van der Waals surface area contributed by atoms with Crippen molar-refractivity contribution in [2.45, 2.75) is 37.8 Å². The van der Waals surface area contributed by atoms with Crippen LogP contribution in [-0.4, -0.2) is 30.7 Å². The normalized spacial score (nSPS) is 21.8. The lowest BCUT2D eigenvalue weighted by Crippen LogP contribution is -2.33. The van der Waals surface area contributed by atoms with Crippen LogP contribution in [0.1, 0.15) is 37.4 Å². The van der Waals surface area contributed by atoms with Gasteiger partial charge in [-0.25, -0.2) is 0 Å². The van der Waals surface area contributed by atoms with Crippen LogP contribution in [0, 0.1) is 5.92 Å². The molecule has 5 nitrogen and oxygen atoms in total. The number of hydrogen-bond donors (Lipinski definition) is 3. The van der Waals surface area contributed by atoms with Crippen LogP contribution in [0.25, 0.3) is 0 Å². The van der Waals surface area contributed by atoms with Gasteiger partial charge in [0, 0.05) is 24.6 Å². The molecule has 0 aromatic heterocycles. The fourth-order valence-corrected chi connectivity index (χ4v) is 2.89. The van der Waals surface area contributed by atoms with Crippen molar-refractivity contribution in [3.8, 4) is 5.75 Å². The Morgan fingerprint density at radius 2 is 2.18 bits per heavy atom. The molecule has 0 saturated heterocycles. The van der Waals surface area contributed by atoms with E-state index >= 15 is 0 Å². The monoisotopic (exact) mass is 328 g/mol. The molecule has 0 radical (unpaired) electrons. The summed E-state index contributed by atoms with van der Waals surface area (Å²) < 4.78 is 5.21. The predicted molar refractivity (Wildman–Crippen MR) is 88.1 cm³/mol. The summed E-state index contributed by atoms with van der Waals surface area (Å²) in [4.78, 5) is 11.9. The van der Waals surface area contributed by atoms with Gasteiger partial charge in [-0.15, -0.1) is 12.4 Å². The molecule has 1 fully saturated rings. The molecule has 6 heteroatoms. The van der Waals surface area contributed by atoms with Crippen LogP contribution in [-0.2, 0) is 4.79 Å². The van der Waals surface area contributed by atoms with E-state index in [4.69, 9.17) is 10.5 Å². The molecule has 1 aromatic carbocycles. The molecule has 1 aromatic rings. The highest BCUT2D eigenvalue weighted by atomic mass is 35.5. The number of methoxy groups -OCH3 is 1.